The topological polar surface area (TPSA) is 55.4 Å². The van der Waals surface area contributed by atoms with Gasteiger partial charge >= 0.3 is 0 Å². The van der Waals surface area contributed by atoms with Crippen LogP contribution in [-0.2, 0) is 4.79 Å². The third kappa shape index (κ3) is 5.25. The van der Waals surface area contributed by atoms with Crippen LogP contribution in [0.25, 0.3) is 0 Å². The summed E-state index contributed by atoms with van der Waals surface area (Å²) in [5.41, 5.74) is 1.37. The van der Waals surface area contributed by atoms with Crippen LogP contribution in [0.1, 0.15) is 22.8 Å². The summed E-state index contributed by atoms with van der Waals surface area (Å²) >= 11 is 0. The molecule has 24 heavy (non-hydrogen) atoms. The number of halogens is 1. The van der Waals surface area contributed by atoms with Crippen molar-refractivity contribution in [3.05, 3.63) is 65.5 Å². The molecule has 1 N–H and O–H groups in total. The van der Waals surface area contributed by atoms with Gasteiger partial charge in [-0.2, -0.15) is 0 Å². The number of hydrogen-bond acceptors (Lipinski definition) is 3. The molecule has 0 bridgehead atoms. The van der Waals surface area contributed by atoms with Gasteiger partial charge < -0.3 is 10.1 Å². The first-order valence-electron chi connectivity index (χ1n) is 7.30. The van der Waals surface area contributed by atoms with Crippen molar-refractivity contribution in [3.8, 4) is 17.6 Å². The van der Waals surface area contributed by atoms with Crippen LogP contribution in [-0.4, -0.2) is 24.8 Å². The molecule has 0 aliphatic heterocycles. The minimum atomic E-state index is -0.515. The zero-order chi connectivity index (χ0) is 17.4. The van der Waals surface area contributed by atoms with E-state index < -0.39 is 5.82 Å². The summed E-state index contributed by atoms with van der Waals surface area (Å²) in [7, 11) is 0. The van der Waals surface area contributed by atoms with Crippen LogP contribution < -0.4 is 10.1 Å². The van der Waals surface area contributed by atoms with Gasteiger partial charge in [0.1, 0.15) is 0 Å². The van der Waals surface area contributed by atoms with Gasteiger partial charge in [0.25, 0.3) is 5.91 Å². The second-order valence-corrected chi connectivity index (χ2v) is 4.93. The summed E-state index contributed by atoms with van der Waals surface area (Å²) in [4.78, 5) is 22.8. The second-order valence-electron chi connectivity index (χ2n) is 4.93. The number of benzene rings is 2. The van der Waals surface area contributed by atoms with Crippen molar-refractivity contribution in [2.24, 2.45) is 0 Å². The highest BCUT2D eigenvalue weighted by atomic mass is 19.1. The predicted octanol–water partition coefficient (Wildman–Crippen LogP) is 2.58. The highest BCUT2D eigenvalue weighted by Gasteiger charge is 2.05. The Kier molecular flexibility index (Phi) is 6.09. The van der Waals surface area contributed by atoms with Crippen LogP contribution in [0.3, 0.4) is 0 Å². The molecule has 0 unspecified atom stereocenters. The lowest BCUT2D eigenvalue weighted by Crippen LogP contribution is -2.29. The van der Waals surface area contributed by atoms with Crippen LogP contribution in [0.15, 0.2) is 48.5 Å². The number of carbonyl (C=O) groups is 2. The van der Waals surface area contributed by atoms with Gasteiger partial charge in [0.05, 0.1) is 6.54 Å². The smallest absolute Gasteiger partial charge is 0.258 e. The molecule has 2 aromatic rings. The van der Waals surface area contributed by atoms with Crippen molar-refractivity contribution >= 4 is 11.7 Å². The van der Waals surface area contributed by atoms with E-state index in [2.05, 4.69) is 17.2 Å². The molecule has 0 fully saturated rings. The van der Waals surface area contributed by atoms with Crippen molar-refractivity contribution in [2.75, 3.05) is 13.2 Å². The summed E-state index contributed by atoms with van der Waals surface area (Å²) in [6.07, 6.45) is 0. The van der Waals surface area contributed by atoms with Gasteiger partial charge in [-0.15, -0.1) is 0 Å². The maximum Gasteiger partial charge on any atom is 0.258 e. The SMILES string of the molecule is CC(=O)c1ccc(C#CCNC(=O)COc2ccccc2F)cc1. The first kappa shape index (κ1) is 17.2. The van der Waals surface area contributed by atoms with Crippen LogP contribution in [0.4, 0.5) is 4.39 Å². The molecule has 1 amide bonds. The van der Waals surface area contributed by atoms with Crippen LogP contribution in [0.2, 0.25) is 0 Å². The lowest BCUT2D eigenvalue weighted by Gasteiger charge is -2.06. The lowest BCUT2D eigenvalue weighted by atomic mass is 10.1. The lowest BCUT2D eigenvalue weighted by molar-refractivity contribution is -0.122. The highest BCUT2D eigenvalue weighted by Crippen LogP contribution is 2.14. The first-order chi connectivity index (χ1) is 11.6. The van der Waals surface area contributed by atoms with Crippen molar-refractivity contribution in [1.82, 2.24) is 5.32 Å². The van der Waals surface area contributed by atoms with Gasteiger partial charge in [-0.05, 0) is 31.2 Å². The molecule has 2 aromatic carbocycles. The molecule has 0 heterocycles. The number of nitrogens with one attached hydrogen (secondary N) is 1. The van der Waals surface area contributed by atoms with Crippen molar-refractivity contribution in [3.63, 3.8) is 0 Å². The van der Waals surface area contributed by atoms with E-state index in [1.165, 1.54) is 19.1 Å². The Labute approximate surface area is 139 Å². The van der Waals surface area contributed by atoms with Crippen molar-refractivity contribution < 1.29 is 18.7 Å². The Hall–Kier alpha value is -3.13. The molecule has 0 aliphatic rings. The Morgan fingerprint density at radius 2 is 1.83 bits per heavy atom. The number of carbonyl (C=O) groups excluding carboxylic acids is 2. The standard InChI is InChI=1S/C19H16FNO3/c1-14(22)16-10-8-15(9-11-16)5-4-12-21-19(23)13-24-18-7-3-2-6-17(18)20/h2-3,6-11H,12-13H2,1H3,(H,21,23). The average Bonchev–Trinajstić information content (AvgIpc) is 2.58. The summed E-state index contributed by atoms with van der Waals surface area (Å²) < 4.78 is 18.4. The Balaban J connectivity index is 1.77. The van der Waals surface area contributed by atoms with Gasteiger partial charge in [-0.3, -0.25) is 9.59 Å². The van der Waals surface area contributed by atoms with E-state index in [4.69, 9.17) is 4.74 Å². The summed E-state index contributed by atoms with van der Waals surface area (Å²) in [6, 6.07) is 12.8. The van der Waals surface area contributed by atoms with E-state index in [1.54, 1.807) is 36.4 Å². The number of amides is 1. The molecule has 0 saturated carbocycles. The molecule has 0 saturated heterocycles. The van der Waals surface area contributed by atoms with Crippen molar-refractivity contribution in [1.29, 1.82) is 0 Å². The number of rotatable bonds is 5. The number of Topliss-reactive ketones (excluding diaryl/α,β-unsaturated/α-hetero) is 1. The quantitative estimate of drug-likeness (QED) is 0.679. The second kappa shape index (κ2) is 8.49. The zero-order valence-corrected chi connectivity index (χ0v) is 13.1. The summed E-state index contributed by atoms with van der Waals surface area (Å²) in [5.74, 6) is 4.79. The van der Waals surface area contributed by atoms with Crippen LogP contribution in [0.5, 0.6) is 5.75 Å². The van der Waals surface area contributed by atoms with Crippen LogP contribution in [0, 0.1) is 17.7 Å². The molecule has 0 radical (unpaired) electrons. The minimum absolute atomic E-state index is 0.00312. The number of para-hydroxylation sites is 1. The molecule has 0 aliphatic carbocycles. The summed E-state index contributed by atoms with van der Waals surface area (Å²) in [5, 5.41) is 2.56. The summed E-state index contributed by atoms with van der Waals surface area (Å²) in [6.45, 7) is 1.36. The Morgan fingerprint density at radius 3 is 2.50 bits per heavy atom. The fraction of sp³-hybridized carbons (Fsp3) is 0.158. The van der Waals surface area contributed by atoms with E-state index in [0.717, 1.165) is 5.56 Å². The van der Waals surface area contributed by atoms with E-state index in [1.807, 2.05) is 0 Å². The molecule has 4 nitrogen and oxygen atoms in total. The first-order valence-corrected chi connectivity index (χ1v) is 7.30. The van der Waals surface area contributed by atoms with Gasteiger partial charge in [0.15, 0.2) is 24.0 Å². The maximum absolute atomic E-state index is 13.3. The fourth-order valence-electron chi connectivity index (χ4n) is 1.83. The van der Waals surface area contributed by atoms with Gasteiger partial charge in [-0.1, -0.05) is 36.1 Å². The van der Waals surface area contributed by atoms with E-state index in [9.17, 15) is 14.0 Å². The molecule has 0 atom stereocenters. The maximum atomic E-state index is 13.3. The molecule has 5 heteroatoms. The Morgan fingerprint density at radius 1 is 1.12 bits per heavy atom. The van der Waals surface area contributed by atoms with E-state index >= 15 is 0 Å². The van der Waals surface area contributed by atoms with Gasteiger partial charge in [-0.25, -0.2) is 4.39 Å². The average molecular weight is 325 g/mol. The monoisotopic (exact) mass is 325 g/mol. The zero-order valence-electron chi connectivity index (χ0n) is 13.1. The van der Waals surface area contributed by atoms with Crippen molar-refractivity contribution in [2.45, 2.75) is 6.92 Å². The van der Waals surface area contributed by atoms with E-state index in [0.29, 0.717) is 5.56 Å². The predicted molar refractivity (Wildman–Crippen MR) is 88.2 cm³/mol. The molecule has 0 spiro atoms. The third-order valence-electron chi connectivity index (χ3n) is 3.09. The van der Waals surface area contributed by atoms with Gasteiger partial charge in [0.2, 0.25) is 0 Å². The third-order valence-corrected chi connectivity index (χ3v) is 3.09. The Bertz CT molecular complexity index is 788. The highest BCUT2D eigenvalue weighted by molar-refractivity contribution is 5.94. The largest absolute Gasteiger partial charge is 0.481 e. The molecular weight excluding hydrogens is 309 g/mol. The van der Waals surface area contributed by atoms with Crippen LogP contribution >= 0.6 is 0 Å². The number of hydrogen-bond donors (Lipinski definition) is 1. The number of ketones is 1. The normalized spacial score (nSPS) is 9.58. The van der Waals surface area contributed by atoms with Gasteiger partial charge in [0, 0.05) is 11.1 Å². The molecule has 0 aromatic heterocycles. The minimum Gasteiger partial charge on any atom is -0.481 e. The number of ether oxygens (including phenoxy) is 1. The molecular formula is C19H16FNO3. The fourth-order valence-corrected chi connectivity index (χ4v) is 1.83. The van der Waals surface area contributed by atoms with E-state index in [-0.39, 0.29) is 30.6 Å². The molecule has 2 rings (SSSR count). The molecule has 122 valence electrons.